The molecule has 5 heteroatoms. The van der Waals surface area contributed by atoms with Crippen LogP contribution >= 0.6 is 0 Å². The number of carbonyl (C=O) groups excluding carboxylic acids is 1. The van der Waals surface area contributed by atoms with Crippen LogP contribution in [-0.2, 0) is 9.59 Å². The van der Waals surface area contributed by atoms with Crippen LogP contribution in [0.25, 0.3) is 0 Å². The van der Waals surface area contributed by atoms with E-state index in [2.05, 4.69) is 0 Å². The van der Waals surface area contributed by atoms with Gasteiger partial charge in [-0.2, -0.15) is 0 Å². The summed E-state index contributed by atoms with van der Waals surface area (Å²) in [4.78, 5) is 25.1. The highest BCUT2D eigenvalue weighted by Crippen LogP contribution is 2.26. The molecule has 0 aliphatic heterocycles. The lowest BCUT2D eigenvalue weighted by atomic mass is 9.81. The first kappa shape index (κ1) is 19.6. The summed E-state index contributed by atoms with van der Waals surface area (Å²) in [5.41, 5.74) is 6.05. The first-order chi connectivity index (χ1) is 9.45. The number of carbonyl (C=O) groups is 2. The Morgan fingerprint density at radius 3 is 2.14 bits per heavy atom. The number of hydrogen-bond acceptors (Lipinski definition) is 3. The molecule has 5 nitrogen and oxygen atoms in total. The van der Waals surface area contributed by atoms with Crippen molar-refractivity contribution in [2.75, 3.05) is 7.05 Å². The zero-order chi connectivity index (χ0) is 17.0. The molecule has 0 aromatic carbocycles. The van der Waals surface area contributed by atoms with Crippen molar-refractivity contribution in [2.45, 2.75) is 60.0 Å². The number of hydrogen-bond donors (Lipinski definition) is 2. The Morgan fingerprint density at radius 1 is 1.33 bits per heavy atom. The van der Waals surface area contributed by atoms with Gasteiger partial charge in [0.25, 0.3) is 0 Å². The lowest BCUT2D eigenvalue weighted by Crippen LogP contribution is -2.53. The number of amides is 1. The van der Waals surface area contributed by atoms with E-state index in [0.29, 0.717) is 0 Å². The molecule has 1 amide bonds. The zero-order valence-corrected chi connectivity index (χ0v) is 14.3. The lowest BCUT2D eigenvalue weighted by Gasteiger charge is -2.36. The van der Waals surface area contributed by atoms with Crippen LogP contribution in [0.3, 0.4) is 0 Å². The van der Waals surface area contributed by atoms with Crippen molar-refractivity contribution in [2.24, 2.45) is 17.1 Å². The number of carboxylic acids is 1. The Morgan fingerprint density at radius 2 is 1.81 bits per heavy atom. The van der Waals surface area contributed by atoms with Crippen LogP contribution in [0.5, 0.6) is 0 Å². The molecule has 0 heterocycles. The number of nitrogens with two attached hydrogens (primary N) is 1. The average Bonchev–Trinajstić information content (AvgIpc) is 2.41. The fraction of sp³-hybridized carbons (Fsp3) is 0.750. The van der Waals surface area contributed by atoms with Crippen LogP contribution in [0.2, 0.25) is 0 Å². The van der Waals surface area contributed by atoms with Gasteiger partial charge in [-0.15, -0.1) is 0 Å². The van der Waals surface area contributed by atoms with E-state index in [1.807, 2.05) is 34.6 Å². The number of likely N-dealkylation sites (N-methyl/N-ethyl adjacent to an activating group) is 1. The summed E-state index contributed by atoms with van der Waals surface area (Å²) in [6.45, 7) is 11.4. The van der Waals surface area contributed by atoms with Gasteiger partial charge in [0.1, 0.15) is 0 Å². The predicted molar refractivity (Wildman–Crippen MR) is 84.8 cm³/mol. The maximum absolute atomic E-state index is 12.6. The second-order valence-corrected chi connectivity index (χ2v) is 6.66. The van der Waals surface area contributed by atoms with Gasteiger partial charge in [0.2, 0.25) is 5.91 Å². The molecule has 0 aromatic rings. The Hall–Kier alpha value is -1.36. The first-order valence-corrected chi connectivity index (χ1v) is 7.39. The van der Waals surface area contributed by atoms with E-state index in [0.717, 1.165) is 6.42 Å². The number of aliphatic carboxylic acids is 1. The smallest absolute Gasteiger partial charge is 0.331 e. The Balaban J connectivity index is 5.33. The van der Waals surface area contributed by atoms with E-state index in [9.17, 15) is 9.59 Å². The summed E-state index contributed by atoms with van der Waals surface area (Å²) in [5.74, 6) is -1.03. The van der Waals surface area contributed by atoms with Crippen molar-refractivity contribution in [1.82, 2.24) is 4.90 Å². The van der Waals surface area contributed by atoms with Crippen LogP contribution < -0.4 is 5.73 Å². The SMILES string of the molecule is CCC(C)(C)[C@H](N)C(=O)N(C)[C@H](/C=C(\C)C(=O)O)C(C)C. The van der Waals surface area contributed by atoms with Crippen LogP contribution in [0.4, 0.5) is 0 Å². The standard InChI is InChI=1S/C16H30N2O3/c1-8-16(5,6)13(17)14(19)18(7)12(10(2)3)9-11(4)15(20)21/h9-10,12-13H,8,17H2,1-7H3,(H,20,21)/b11-9+/t12-,13-/m1/s1. The molecular weight excluding hydrogens is 268 g/mol. The van der Waals surface area contributed by atoms with E-state index >= 15 is 0 Å². The Labute approximate surface area is 128 Å². The minimum atomic E-state index is -0.973. The highest BCUT2D eigenvalue weighted by atomic mass is 16.4. The van der Waals surface area contributed by atoms with Crippen LogP contribution in [0, 0.1) is 11.3 Å². The van der Waals surface area contributed by atoms with Gasteiger partial charge in [-0.05, 0) is 24.7 Å². The highest BCUT2D eigenvalue weighted by Gasteiger charge is 2.34. The molecule has 2 atom stereocenters. The molecule has 0 saturated carbocycles. The summed E-state index contributed by atoms with van der Waals surface area (Å²) < 4.78 is 0. The molecule has 0 saturated heterocycles. The second-order valence-electron chi connectivity index (χ2n) is 6.66. The first-order valence-electron chi connectivity index (χ1n) is 7.39. The molecule has 0 fully saturated rings. The van der Waals surface area contributed by atoms with Gasteiger partial charge in [-0.25, -0.2) is 4.79 Å². The van der Waals surface area contributed by atoms with Crippen LogP contribution in [-0.4, -0.2) is 41.0 Å². The maximum Gasteiger partial charge on any atom is 0.331 e. The molecule has 122 valence electrons. The van der Waals surface area contributed by atoms with Gasteiger partial charge in [0.05, 0.1) is 12.1 Å². The highest BCUT2D eigenvalue weighted by molar-refractivity contribution is 5.86. The molecular formula is C16H30N2O3. The largest absolute Gasteiger partial charge is 0.478 e. The number of nitrogens with zero attached hydrogens (tertiary/aromatic N) is 1. The van der Waals surface area contributed by atoms with Crippen molar-refractivity contribution in [1.29, 1.82) is 0 Å². The summed E-state index contributed by atoms with van der Waals surface area (Å²) >= 11 is 0. The maximum atomic E-state index is 12.6. The molecule has 0 rings (SSSR count). The summed E-state index contributed by atoms with van der Waals surface area (Å²) in [5, 5.41) is 9.01. The molecule has 0 radical (unpaired) electrons. The summed E-state index contributed by atoms with van der Waals surface area (Å²) in [6, 6.07) is -0.889. The zero-order valence-electron chi connectivity index (χ0n) is 14.3. The molecule has 3 N–H and O–H groups in total. The van der Waals surface area contributed by atoms with E-state index in [1.54, 1.807) is 18.0 Å². The van der Waals surface area contributed by atoms with E-state index in [1.165, 1.54) is 6.92 Å². The van der Waals surface area contributed by atoms with Crippen molar-refractivity contribution < 1.29 is 14.7 Å². The van der Waals surface area contributed by atoms with Crippen molar-refractivity contribution in [3.05, 3.63) is 11.6 Å². The van der Waals surface area contributed by atoms with E-state index in [4.69, 9.17) is 10.8 Å². The fourth-order valence-electron chi connectivity index (χ4n) is 2.00. The van der Waals surface area contributed by atoms with Gasteiger partial charge in [0, 0.05) is 12.6 Å². The van der Waals surface area contributed by atoms with E-state index in [-0.39, 0.29) is 28.9 Å². The summed E-state index contributed by atoms with van der Waals surface area (Å²) in [7, 11) is 1.68. The van der Waals surface area contributed by atoms with Gasteiger partial charge in [-0.1, -0.05) is 40.7 Å². The fourth-order valence-corrected chi connectivity index (χ4v) is 2.00. The third-order valence-corrected chi connectivity index (χ3v) is 4.26. The third kappa shape index (κ3) is 5.16. The molecule has 0 aliphatic carbocycles. The minimum absolute atomic E-state index is 0.102. The monoisotopic (exact) mass is 298 g/mol. The molecule has 0 unspecified atom stereocenters. The van der Waals surface area contributed by atoms with Crippen molar-refractivity contribution >= 4 is 11.9 Å². The van der Waals surface area contributed by atoms with Crippen LogP contribution in [0.15, 0.2) is 11.6 Å². The molecule has 0 aromatic heterocycles. The van der Waals surface area contributed by atoms with E-state index < -0.39 is 12.0 Å². The van der Waals surface area contributed by atoms with Crippen molar-refractivity contribution in [3.8, 4) is 0 Å². The average molecular weight is 298 g/mol. The van der Waals surface area contributed by atoms with Gasteiger partial charge in [0.15, 0.2) is 0 Å². The topological polar surface area (TPSA) is 83.6 Å². The lowest BCUT2D eigenvalue weighted by molar-refractivity contribution is -0.136. The Kier molecular flexibility index (Phi) is 7.10. The quantitative estimate of drug-likeness (QED) is 0.706. The predicted octanol–water partition coefficient (Wildman–Crippen LogP) is 2.26. The molecule has 21 heavy (non-hydrogen) atoms. The van der Waals surface area contributed by atoms with Gasteiger partial charge >= 0.3 is 5.97 Å². The van der Waals surface area contributed by atoms with Crippen molar-refractivity contribution in [3.63, 3.8) is 0 Å². The molecule has 0 spiro atoms. The van der Waals surface area contributed by atoms with Gasteiger partial charge < -0.3 is 15.7 Å². The normalized spacial score (nSPS) is 15.8. The third-order valence-electron chi connectivity index (χ3n) is 4.26. The van der Waals surface area contributed by atoms with Crippen LogP contribution in [0.1, 0.15) is 48.0 Å². The minimum Gasteiger partial charge on any atom is -0.478 e. The molecule has 0 bridgehead atoms. The Bertz CT molecular complexity index is 414. The number of rotatable bonds is 7. The number of carboxylic acid groups (broad SMARTS) is 1. The molecule has 0 aliphatic rings. The second kappa shape index (κ2) is 7.59. The summed E-state index contributed by atoms with van der Waals surface area (Å²) in [6.07, 6.45) is 2.42. The van der Waals surface area contributed by atoms with Gasteiger partial charge in [-0.3, -0.25) is 4.79 Å².